The average molecular weight is 510 g/mol. The molecular weight excluding hydrogens is 462 g/mol. The van der Waals surface area contributed by atoms with Crippen LogP contribution in [-0.2, 0) is 23.7 Å². The third-order valence-electron chi connectivity index (χ3n) is 7.80. The summed E-state index contributed by atoms with van der Waals surface area (Å²) in [5, 5.41) is 5.72. The summed E-state index contributed by atoms with van der Waals surface area (Å²) < 4.78 is 24.1. The first kappa shape index (κ1) is 28.9. The maximum absolute atomic E-state index is 13.0. The summed E-state index contributed by atoms with van der Waals surface area (Å²) in [6.45, 7) is 12.2. The lowest BCUT2D eigenvalue weighted by Gasteiger charge is -2.42. The fourth-order valence-electron chi connectivity index (χ4n) is 5.62. The van der Waals surface area contributed by atoms with E-state index in [1.165, 1.54) is 5.57 Å². The monoisotopic (exact) mass is 509 g/mol. The van der Waals surface area contributed by atoms with Gasteiger partial charge < -0.3 is 34.5 Å². The van der Waals surface area contributed by atoms with Crippen molar-refractivity contribution in [3.05, 3.63) is 11.6 Å². The zero-order chi connectivity index (χ0) is 26.7. The van der Waals surface area contributed by atoms with E-state index in [4.69, 9.17) is 18.9 Å². The predicted molar refractivity (Wildman–Crippen MR) is 138 cm³/mol. The standard InChI is InChI=1S/C27H47N3O6/c1-17(2)10-11-20-26(5,36-20)23-22(33-8)19(12-13-27(23)16-34-27)35-25(32)29-21(18(3)4)24(31)28-14-9-15-30(6)7/h10,18-23H,9,11-16H2,1-8H3,(H,28,31)(H,29,32)/t19-,20-,21-,22?,23-,26+,27+/m1/s1. The molecule has 0 aromatic heterocycles. The van der Waals surface area contributed by atoms with Gasteiger partial charge in [0.2, 0.25) is 5.91 Å². The Morgan fingerprint density at radius 3 is 2.50 bits per heavy atom. The summed E-state index contributed by atoms with van der Waals surface area (Å²) in [5.41, 5.74) is 0.587. The lowest BCUT2D eigenvalue weighted by atomic mass is 9.68. The highest BCUT2D eigenvalue weighted by Gasteiger charge is 2.72. The van der Waals surface area contributed by atoms with Gasteiger partial charge in [0.05, 0.1) is 18.6 Å². The van der Waals surface area contributed by atoms with E-state index in [2.05, 4.69) is 42.4 Å². The second-order valence-corrected chi connectivity index (χ2v) is 11.6. The van der Waals surface area contributed by atoms with Crippen LogP contribution >= 0.6 is 0 Å². The summed E-state index contributed by atoms with van der Waals surface area (Å²) in [4.78, 5) is 27.8. The van der Waals surface area contributed by atoms with Crippen LogP contribution in [0.2, 0.25) is 0 Å². The number of methoxy groups -OCH3 is 1. The molecule has 7 atom stereocenters. The molecule has 3 rings (SSSR count). The van der Waals surface area contributed by atoms with E-state index < -0.39 is 23.8 Å². The third kappa shape index (κ3) is 6.79. The smallest absolute Gasteiger partial charge is 0.408 e. The largest absolute Gasteiger partial charge is 0.443 e. The molecule has 0 aromatic carbocycles. The topological polar surface area (TPSA) is 105 Å². The Bertz CT molecular complexity index is 807. The summed E-state index contributed by atoms with van der Waals surface area (Å²) in [5.74, 6) is -0.323. The van der Waals surface area contributed by atoms with Crippen molar-refractivity contribution in [1.82, 2.24) is 15.5 Å². The molecule has 0 bridgehead atoms. The third-order valence-corrected chi connectivity index (χ3v) is 7.80. The number of epoxide rings is 2. The zero-order valence-electron chi connectivity index (χ0n) is 23.4. The quantitative estimate of drug-likeness (QED) is 0.237. The number of carbonyl (C=O) groups is 2. The van der Waals surface area contributed by atoms with Gasteiger partial charge in [-0.3, -0.25) is 4.79 Å². The van der Waals surface area contributed by atoms with Crippen molar-refractivity contribution in [2.45, 2.75) is 95.9 Å². The van der Waals surface area contributed by atoms with Crippen LogP contribution in [0.1, 0.15) is 60.3 Å². The lowest BCUT2D eigenvalue weighted by Crippen LogP contribution is -2.57. The first-order chi connectivity index (χ1) is 16.9. The Labute approximate surface area is 216 Å². The molecular formula is C27H47N3O6. The molecule has 3 aliphatic rings. The minimum absolute atomic E-state index is 0.0435. The maximum atomic E-state index is 13.0. The molecule has 0 aromatic rings. The molecule has 9 nitrogen and oxygen atoms in total. The zero-order valence-corrected chi connectivity index (χ0v) is 23.4. The number of nitrogens with one attached hydrogen (secondary N) is 2. The van der Waals surface area contributed by atoms with Gasteiger partial charge in [-0.2, -0.15) is 0 Å². The fourth-order valence-corrected chi connectivity index (χ4v) is 5.62. The van der Waals surface area contributed by atoms with Gasteiger partial charge in [-0.25, -0.2) is 4.79 Å². The molecule has 1 saturated carbocycles. The number of hydrogen-bond acceptors (Lipinski definition) is 7. The number of alkyl carbamates (subject to hydrolysis) is 1. The molecule has 2 heterocycles. The molecule has 2 aliphatic heterocycles. The van der Waals surface area contributed by atoms with E-state index in [-0.39, 0.29) is 35.6 Å². The molecule has 1 unspecified atom stereocenters. The number of hydrogen-bond donors (Lipinski definition) is 2. The number of ether oxygens (including phenoxy) is 4. The van der Waals surface area contributed by atoms with Crippen molar-refractivity contribution in [1.29, 1.82) is 0 Å². The van der Waals surface area contributed by atoms with Gasteiger partial charge in [-0.05, 0) is 73.0 Å². The Morgan fingerprint density at radius 1 is 1.25 bits per heavy atom. The highest BCUT2D eigenvalue weighted by molar-refractivity contribution is 5.85. The molecule has 3 fully saturated rings. The fraction of sp³-hybridized carbons (Fsp3) is 0.852. The average Bonchev–Trinajstić information content (AvgIpc) is 3.71. The summed E-state index contributed by atoms with van der Waals surface area (Å²) >= 11 is 0. The van der Waals surface area contributed by atoms with Crippen LogP contribution in [0.4, 0.5) is 4.79 Å². The van der Waals surface area contributed by atoms with E-state index in [9.17, 15) is 9.59 Å². The lowest BCUT2D eigenvalue weighted by molar-refractivity contribution is -0.125. The van der Waals surface area contributed by atoms with Crippen molar-refractivity contribution in [2.75, 3.05) is 40.9 Å². The minimum Gasteiger partial charge on any atom is -0.443 e. The van der Waals surface area contributed by atoms with Crippen LogP contribution in [0.3, 0.4) is 0 Å². The normalized spacial score (nSPS) is 33.8. The van der Waals surface area contributed by atoms with Gasteiger partial charge in [0.25, 0.3) is 0 Å². The van der Waals surface area contributed by atoms with E-state index in [1.54, 1.807) is 7.11 Å². The Kier molecular flexibility index (Phi) is 9.46. The SMILES string of the molecule is COC1[C@H](OC(=O)N[C@@H](C(=O)NCCCN(C)C)C(C)C)CC[C@]2(CO2)[C@H]1[C@@]1(C)O[C@@H]1CC=C(C)C. The van der Waals surface area contributed by atoms with Crippen LogP contribution in [0.25, 0.3) is 0 Å². The second-order valence-electron chi connectivity index (χ2n) is 11.6. The van der Waals surface area contributed by atoms with Crippen LogP contribution < -0.4 is 10.6 Å². The van der Waals surface area contributed by atoms with Crippen molar-refractivity contribution in [3.63, 3.8) is 0 Å². The van der Waals surface area contributed by atoms with Crippen LogP contribution in [0, 0.1) is 11.8 Å². The Balaban J connectivity index is 1.62. The first-order valence-electron chi connectivity index (χ1n) is 13.3. The molecule has 2 amide bonds. The summed E-state index contributed by atoms with van der Waals surface area (Å²) in [7, 11) is 5.65. The van der Waals surface area contributed by atoms with E-state index >= 15 is 0 Å². The number of rotatable bonds is 12. The summed E-state index contributed by atoms with van der Waals surface area (Å²) in [6.07, 6.45) is 3.98. The molecule has 9 heteroatoms. The molecule has 2 saturated heterocycles. The number of amides is 2. The molecule has 1 spiro atoms. The number of carbonyl (C=O) groups excluding carboxylic acids is 2. The molecule has 36 heavy (non-hydrogen) atoms. The molecule has 0 radical (unpaired) electrons. The van der Waals surface area contributed by atoms with E-state index in [1.807, 2.05) is 27.9 Å². The first-order valence-corrected chi connectivity index (χ1v) is 13.3. The maximum Gasteiger partial charge on any atom is 0.408 e. The highest BCUT2D eigenvalue weighted by atomic mass is 16.6. The molecule has 206 valence electrons. The van der Waals surface area contributed by atoms with Gasteiger partial charge >= 0.3 is 6.09 Å². The van der Waals surface area contributed by atoms with E-state index in [0.717, 1.165) is 25.8 Å². The van der Waals surface area contributed by atoms with E-state index in [0.29, 0.717) is 19.6 Å². The van der Waals surface area contributed by atoms with Gasteiger partial charge in [-0.1, -0.05) is 25.5 Å². The minimum atomic E-state index is -0.673. The van der Waals surface area contributed by atoms with Crippen LogP contribution in [0.15, 0.2) is 11.6 Å². The van der Waals surface area contributed by atoms with Crippen molar-refractivity contribution in [2.24, 2.45) is 11.8 Å². The number of nitrogens with zero attached hydrogens (tertiary/aromatic N) is 1. The summed E-state index contributed by atoms with van der Waals surface area (Å²) in [6, 6.07) is -0.673. The predicted octanol–water partition coefficient (Wildman–Crippen LogP) is 2.88. The van der Waals surface area contributed by atoms with Gasteiger partial charge in [0, 0.05) is 13.7 Å². The van der Waals surface area contributed by atoms with Crippen molar-refractivity contribution >= 4 is 12.0 Å². The second kappa shape index (κ2) is 11.8. The Morgan fingerprint density at radius 2 is 1.94 bits per heavy atom. The molecule has 1 aliphatic carbocycles. The van der Waals surface area contributed by atoms with Crippen LogP contribution in [-0.4, -0.2) is 93.4 Å². The van der Waals surface area contributed by atoms with Crippen molar-refractivity contribution < 1.29 is 28.5 Å². The van der Waals surface area contributed by atoms with Crippen molar-refractivity contribution in [3.8, 4) is 0 Å². The van der Waals surface area contributed by atoms with Gasteiger partial charge in [0.15, 0.2) is 0 Å². The number of allylic oxidation sites excluding steroid dienone is 1. The Hall–Kier alpha value is -1.68. The van der Waals surface area contributed by atoms with Crippen LogP contribution in [0.5, 0.6) is 0 Å². The molecule has 2 N–H and O–H groups in total. The van der Waals surface area contributed by atoms with Gasteiger partial charge in [-0.15, -0.1) is 0 Å². The highest BCUT2D eigenvalue weighted by Crippen LogP contribution is 2.59. The van der Waals surface area contributed by atoms with Gasteiger partial charge in [0.1, 0.15) is 29.5 Å².